The van der Waals surface area contributed by atoms with Crippen molar-refractivity contribution < 1.29 is 26.6 Å². The highest BCUT2D eigenvalue weighted by Gasteiger charge is 2.56. The molecule has 0 bridgehead atoms. The zero-order valence-corrected chi connectivity index (χ0v) is 41.1. The molecule has 0 amide bonds. The van der Waals surface area contributed by atoms with Crippen LogP contribution in [0.4, 0.5) is 0 Å². The summed E-state index contributed by atoms with van der Waals surface area (Å²) in [5.41, 5.74) is 1.63. The first-order chi connectivity index (χ1) is 26.9. The molecule has 2 aromatic carbocycles. The Labute approximate surface area is 356 Å². The summed E-state index contributed by atoms with van der Waals surface area (Å²) in [4.78, 5) is 10.5. The van der Waals surface area contributed by atoms with Crippen LogP contribution in [0, 0.1) is 0 Å². The molecule has 0 saturated carbocycles. The monoisotopic (exact) mass is 880 g/mol. The minimum Gasteiger partial charge on any atom is -0.370 e. The first-order valence-electron chi connectivity index (χ1n) is 20.9. The van der Waals surface area contributed by atoms with E-state index in [0.717, 1.165) is 69.0 Å². The predicted octanol–water partition coefficient (Wildman–Crippen LogP) is 13.0. The Hall–Kier alpha value is -0.886. The highest BCUT2D eigenvalue weighted by molar-refractivity contribution is 8.76. The molecule has 0 N–H and O–H groups in total. The molecule has 4 rings (SSSR count). The molecule has 314 valence electrons. The van der Waals surface area contributed by atoms with Gasteiger partial charge in [-0.15, -0.1) is 22.7 Å². The summed E-state index contributed by atoms with van der Waals surface area (Å²) in [7, 11) is -3.19. The van der Waals surface area contributed by atoms with Crippen LogP contribution in [0.1, 0.15) is 143 Å². The number of hydrogen-bond donors (Lipinski definition) is 0. The third-order valence-electron chi connectivity index (χ3n) is 10.3. The molecular weight excluding hydrogens is 813 g/mol. The minimum absolute atomic E-state index is 0.0348. The van der Waals surface area contributed by atoms with Gasteiger partial charge in [-0.2, -0.15) is 0 Å². The van der Waals surface area contributed by atoms with Crippen molar-refractivity contribution in [3.8, 4) is 0 Å². The van der Waals surface area contributed by atoms with Crippen LogP contribution in [0.2, 0.25) is 0 Å². The van der Waals surface area contributed by atoms with Gasteiger partial charge in [0.05, 0.1) is 31.5 Å². The maximum Gasteiger partial charge on any atom is 0.512 e. The van der Waals surface area contributed by atoms with E-state index in [4.69, 9.17) is 36.5 Å². The molecule has 2 heterocycles. The minimum atomic E-state index is -3.42. The van der Waals surface area contributed by atoms with Crippen molar-refractivity contribution >= 4 is 82.3 Å². The highest BCUT2D eigenvalue weighted by atomic mass is 33.1. The molecule has 8 atom stereocenters. The smallest absolute Gasteiger partial charge is 0.370 e. The SMILES string of the molecule is CCC(C)O[Si](OC(C)CC)(OC(C)CC)C(CSSCC(c1nc2ccccc2s1)[Si](OC(C)CC)(OC(C)CC)OC(C)CC)c1nc2ccccc2s1. The summed E-state index contributed by atoms with van der Waals surface area (Å²) in [6, 6.07) is 16.8. The lowest BCUT2D eigenvalue weighted by Gasteiger charge is -2.40. The lowest BCUT2D eigenvalue weighted by atomic mass is 10.3. The van der Waals surface area contributed by atoms with Crippen molar-refractivity contribution in [2.24, 2.45) is 0 Å². The Kier molecular flexibility index (Phi) is 19.8. The Bertz CT molecular complexity index is 1480. The fourth-order valence-corrected chi connectivity index (χ4v) is 20.6. The Morgan fingerprint density at radius 1 is 0.464 bits per heavy atom. The van der Waals surface area contributed by atoms with Gasteiger partial charge in [0.25, 0.3) is 0 Å². The third-order valence-corrected chi connectivity index (χ3v) is 23.0. The normalized spacial score (nSPS) is 18.9. The van der Waals surface area contributed by atoms with Crippen LogP contribution in [0.25, 0.3) is 20.4 Å². The third kappa shape index (κ3) is 12.8. The quantitative estimate of drug-likeness (QED) is 0.0328. The number of nitrogens with zero attached hydrogens (tertiary/aromatic N) is 2. The summed E-state index contributed by atoms with van der Waals surface area (Å²) in [5.74, 6) is 1.40. The van der Waals surface area contributed by atoms with Crippen LogP contribution in [-0.2, 0) is 26.6 Å². The zero-order chi connectivity index (χ0) is 40.9. The average molecular weight is 881 g/mol. The molecular formula is C42H68N2O6S4Si2. The van der Waals surface area contributed by atoms with Crippen LogP contribution in [-0.4, -0.2) is 75.7 Å². The van der Waals surface area contributed by atoms with Gasteiger partial charge in [0.1, 0.15) is 10.0 Å². The summed E-state index contributed by atoms with van der Waals surface area (Å²) >= 11 is 3.46. The lowest BCUT2D eigenvalue weighted by molar-refractivity contribution is -0.0174. The molecule has 56 heavy (non-hydrogen) atoms. The second-order valence-electron chi connectivity index (χ2n) is 14.9. The van der Waals surface area contributed by atoms with Gasteiger partial charge in [0, 0.05) is 48.1 Å². The fraction of sp³-hybridized carbons (Fsp3) is 0.667. The Morgan fingerprint density at radius 2 is 0.732 bits per heavy atom. The molecule has 0 aliphatic heterocycles. The van der Waals surface area contributed by atoms with E-state index in [-0.39, 0.29) is 47.7 Å². The fourth-order valence-electron chi connectivity index (χ4n) is 5.80. The van der Waals surface area contributed by atoms with E-state index in [9.17, 15) is 0 Å². The molecule has 0 saturated heterocycles. The number of fused-ring (bicyclic) bond motifs is 2. The van der Waals surface area contributed by atoms with Crippen molar-refractivity contribution in [2.75, 3.05) is 11.5 Å². The molecule has 4 aromatic rings. The van der Waals surface area contributed by atoms with E-state index >= 15 is 0 Å². The molecule has 0 radical (unpaired) electrons. The molecule has 8 unspecified atom stereocenters. The molecule has 0 aliphatic rings. The van der Waals surface area contributed by atoms with E-state index < -0.39 is 17.6 Å². The molecule has 2 aromatic heterocycles. The zero-order valence-electron chi connectivity index (χ0n) is 35.9. The summed E-state index contributed by atoms with van der Waals surface area (Å²) in [6.45, 7) is 25.8. The molecule has 14 heteroatoms. The van der Waals surface area contributed by atoms with Crippen molar-refractivity contribution in [3.05, 3.63) is 58.5 Å². The van der Waals surface area contributed by atoms with Crippen molar-refractivity contribution in [3.63, 3.8) is 0 Å². The topological polar surface area (TPSA) is 81.2 Å². The van der Waals surface area contributed by atoms with Gasteiger partial charge in [-0.1, -0.05) is 87.4 Å². The maximum absolute atomic E-state index is 7.13. The molecule has 0 fully saturated rings. The van der Waals surface area contributed by atoms with E-state index in [1.165, 1.54) is 0 Å². The van der Waals surface area contributed by atoms with E-state index in [0.29, 0.717) is 11.5 Å². The largest absolute Gasteiger partial charge is 0.512 e. The number of rotatable bonds is 27. The lowest BCUT2D eigenvalue weighted by Crippen LogP contribution is -2.57. The van der Waals surface area contributed by atoms with E-state index in [2.05, 4.69) is 132 Å². The van der Waals surface area contributed by atoms with Gasteiger partial charge in [-0.3, -0.25) is 0 Å². The van der Waals surface area contributed by atoms with E-state index in [1.807, 2.05) is 21.6 Å². The van der Waals surface area contributed by atoms with Gasteiger partial charge in [0.2, 0.25) is 0 Å². The maximum atomic E-state index is 7.13. The summed E-state index contributed by atoms with van der Waals surface area (Å²) in [6.07, 6.45) is 4.93. The van der Waals surface area contributed by atoms with Crippen molar-refractivity contribution in [2.45, 2.75) is 169 Å². The first-order valence-corrected chi connectivity index (χ1v) is 28.6. The Balaban J connectivity index is 1.81. The van der Waals surface area contributed by atoms with Gasteiger partial charge in [-0.05, 0) is 104 Å². The molecule has 0 aliphatic carbocycles. The van der Waals surface area contributed by atoms with Crippen LogP contribution in [0.15, 0.2) is 48.5 Å². The van der Waals surface area contributed by atoms with Crippen LogP contribution in [0.3, 0.4) is 0 Å². The van der Waals surface area contributed by atoms with Crippen molar-refractivity contribution in [1.29, 1.82) is 0 Å². The van der Waals surface area contributed by atoms with Crippen LogP contribution < -0.4 is 0 Å². The van der Waals surface area contributed by atoms with E-state index in [1.54, 1.807) is 22.7 Å². The van der Waals surface area contributed by atoms with Gasteiger partial charge >= 0.3 is 17.6 Å². The van der Waals surface area contributed by atoms with Gasteiger partial charge in [0.15, 0.2) is 0 Å². The number of benzene rings is 2. The number of hydrogen-bond acceptors (Lipinski definition) is 12. The summed E-state index contributed by atoms with van der Waals surface area (Å²) < 4.78 is 45.1. The Morgan fingerprint density at radius 3 is 0.982 bits per heavy atom. The molecule has 8 nitrogen and oxygen atoms in total. The van der Waals surface area contributed by atoms with Gasteiger partial charge < -0.3 is 26.6 Å². The van der Waals surface area contributed by atoms with Crippen molar-refractivity contribution in [1.82, 2.24) is 9.97 Å². The number of thiazole rings is 2. The predicted molar refractivity (Wildman–Crippen MR) is 246 cm³/mol. The first kappa shape index (κ1) is 47.8. The standard InChI is InChI=1S/C42H68N2O6S4Si2/c1-13-29(7)45-55(46-30(8)14-2,47-31(9)15-3)39(41-43-35-23-19-21-25-37(35)53-41)27-51-52-28-40(42-44-36-24-20-22-26-38(36)54-42)56(48-32(10)16-4,49-33(11)17-5)50-34(12)18-6/h19-26,29-34,39-40H,13-18,27-28H2,1-12H3. The van der Waals surface area contributed by atoms with Crippen LogP contribution >= 0.6 is 44.3 Å². The second-order valence-corrected chi connectivity index (χ2v) is 24.8. The number of para-hydroxylation sites is 2. The summed E-state index contributed by atoms with van der Waals surface area (Å²) in [5, 5.41) is 2.01. The highest BCUT2D eigenvalue weighted by Crippen LogP contribution is 2.45. The van der Waals surface area contributed by atoms with Gasteiger partial charge in [-0.25, -0.2) is 9.97 Å². The average Bonchev–Trinajstić information content (AvgIpc) is 3.83. The second kappa shape index (κ2) is 23.2. The number of aromatic nitrogens is 2. The van der Waals surface area contributed by atoms with Crippen LogP contribution in [0.5, 0.6) is 0 Å². The molecule has 0 spiro atoms.